The van der Waals surface area contributed by atoms with E-state index >= 15 is 0 Å². The van der Waals surface area contributed by atoms with Crippen molar-refractivity contribution in [1.29, 1.82) is 0 Å². The van der Waals surface area contributed by atoms with Gasteiger partial charge in [0.2, 0.25) is 0 Å². The number of aromatic hydroxyl groups is 1. The van der Waals surface area contributed by atoms with E-state index < -0.39 is 23.8 Å². The second-order valence-electron chi connectivity index (χ2n) is 5.42. The molecule has 0 amide bonds. The van der Waals surface area contributed by atoms with Crippen molar-refractivity contribution in [3.05, 3.63) is 34.7 Å². The van der Waals surface area contributed by atoms with Crippen molar-refractivity contribution in [3.63, 3.8) is 0 Å². The van der Waals surface area contributed by atoms with Crippen LogP contribution in [0.3, 0.4) is 0 Å². The number of ether oxygens (including phenoxy) is 1. The summed E-state index contributed by atoms with van der Waals surface area (Å²) < 4.78 is 43.6. The molecule has 0 bridgehead atoms. The monoisotopic (exact) mass is 373 g/mol. The Balaban J connectivity index is 2.50. The van der Waals surface area contributed by atoms with Gasteiger partial charge in [-0.3, -0.25) is 0 Å². The van der Waals surface area contributed by atoms with E-state index in [9.17, 15) is 23.1 Å². The van der Waals surface area contributed by atoms with Crippen LogP contribution in [-0.2, 0) is 15.7 Å². The number of hydrogen-bond acceptors (Lipinski definition) is 5. The summed E-state index contributed by atoms with van der Waals surface area (Å²) in [5, 5.41) is 13.7. The van der Waals surface area contributed by atoms with Crippen molar-refractivity contribution in [3.8, 4) is 16.9 Å². The highest BCUT2D eigenvalue weighted by molar-refractivity contribution is 7.17. The molecule has 136 valence electrons. The molecule has 0 spiro atoms. The molecule has 2 rings (SSSR count). The number of halogens is 3. The number of carbonyl (C=O) groups excluding carboxylic acids is 1. The van der Waals surface area contributed by atoms with Gasteiger partial charge in [-0.2, -0.15) is 13.2 Å². The molecule has 4 nitrogen and oxygen atoms in total. The third kappa shape index (κ3) is 4.07. The fourth-order valence-electron chi connectivity index (χ4n) is 2.38. The molecule has 1 aromatic heterocycles. The molecule has 2 N–H and O–H groups in total. The Morgan fingerprint density at radius 3 is 2.64 bits per heavy atom. The third-order valence-electron chi connectivity index (χ3n) is 3.73. The lowest BCUT2D eigenvalue weighted by Gasteiger charge is -2.16. The largest absolute Gasteiger partial charge is 0.506 e. The quantitative estimate of drug-likeness (QED) is 0.739. The number of hydrogen-bond donors (Lipinski definition) is 2. The van der Waals surface area contributed by atoms with Crippen LogP contribution in [0.1, 0.15) is 23.8 Å². The van der Waals surface area contributed by atoms with Gasteiger partial charge < -0.3 is 15.2 Å². The minimum absolute atomic E-state index is 0.105. The molecule has 2 aromatic rings. The van der Waals surface area contributed by atoms with Gasteiger partial charge in [-0.25, -0.2) is 4.79 Å². The molecule has 0 aliphatic rings. The maximum atomic E-state index is 13.0. The lowest BCUT2D eigenvalue weighted by Crippen LogP contribution is -2.29. The number of methoxy groups -OCH3 is 1. The molecule has 1 atom stereocenters. The molecule has 1 heterocycles. The van der Waals surface area contributed by atoms with Gasteiger partial charge in [0.15, 0.2) is 0 Å². The van der Waals surface area contributed by atoms with Crippen LogP contribution in [0.5, 0.6) is 5.75 Å². The number of esters is 1. The molecular weight excluding hydrogens is 355 g/mol. The van der Waals surface area contributed by atoms with Gasteiger partial charge in [-0.05, 0) is 31.0 Å². The first-order valence-corrected chi connectivity index (χ1v) is 8.35. The van der Waals surface area contributed by atoms with E-state index in [0.717, 1.165) is 12.1 Å². The molecule has 8 heteroatoms. The van der Waals surface area contributed by atoms with Crippen LogP contribution in [-0.4, -0.2) is 24.2 Å². The van der Waals surface area contributed by atoms with Crippen molar-refractivity contribution in [2.24, 2.45) is 0 Å². The van der Waals surface area contributed by atoms with Crippen LogP contribution in [0.15, 0.2) is 24.3 Å². The molecular formula is C17H18F3NO3S. The van der Waals surface area contributed by atoms with Crippen LogP contribution >= 0.6 is 11.3 Å². The van der Waals surface area contributed by atoms with E-state index in [1.807, 2.05) is 0 Å². The maximum absolute atomic E-state index is 13.0. The van der Waals surface area contributed by atoms with Crippen molar-refractivity contribution < 1.29 is 27.8 Å². The molecule has 0 saturated carbocycles. The predicted molar refractivity (Wildman–Crippen MR) is 90.9 cm³/mol. The summed E-state index contributed by atoms with van der Waals surface area (Å²) in [5.74, 6) is -0.588. The predicted octanol–water partition coefficient (Wildman–Crippen LogP) is 4.81. The van der Waals surface area contributed by atoms with Crippen LogP contribution < -0.4 is 5.32 Å². The number of alkyl halides is 3. The summed E-state index contributed by atoms with van der Waals surface area (Å²) in [7, 11) is 1.26. The number of benzene rings is 1. The topological polar surface area (TPSA) is 58.6 Å². The SMILES string of the molecule is CCC(Nc1sc(C)c(O)c1-c1cccc(C(F)(F)F)c1)C(=O)OC. The number of carbonyl (C=O) groups is 1. The first kappa shape index (κ1) is 19.1. The molecule has 25 heavy (non-hydrogen) atoms. The molecule has 0 fully saturated rings. The van der Waals surface area contributed by atoms with E-state index in [1.54, 1.807) is 13.8 Å². The third-order valence-corrected chi connectivity index (χ3v) is 4.76. The molecule has 0 aliphatic carbocycles. The van der Waals surface area contributed by atoms with Crippen LogP contribution in [0.2, 0.25) is 0 Å². The first-order valence-electron chi connectivity index (χ1n) is 7.53. The summed E-state index contributed by atoms with van der Waals surface area (Å²) in [6.07, 6.45) is -4.06. The summed E-state index contributed by atoms with van der Waals surface area (Å²) in [4.78, 5) is 12.3. The molecule has 0 aliphatic heterocycles. The van der Waals surface area contributed by atoms with Gasteiger partial charge in [0.25, 0.3) is 0 Å². The fraction of sp³-hybridized carbons (Fsp3) is 0.353. The second kappa shape index (κ2) is 7.35. The zero-order valence-electron chi connectivity index (χ0n) is 13.9. The smallest absolute Gasteiger partial charge is 0.416 e. The van der Waals surface area contributed by atoms with E-state index in [1.165, 1.54) is 30.6 Å². The van der Waals surface area contributed by atoms with E-state index in [2.05, 4.69) is 5.32 Å². The summed E-state index contributed by atoms with van der Waals surface area (Å²) in [6.45, 7) is 3.43. The highest BCUT2D eigenvalue weighted by atomic mass is 32.1. The number of rotatable bonds is 5. The Morgan fingerprint density at radius 2 is 2.08 bits per heavy atom. The minimum atomic E-state index is -4.48. The molecule has 0 saturated heterocycles. The van der Waals surface area contributed by atoms with Gasteiger partial charge in [0, 0.05) is 4.88 Å². The average Bonchev–Trinajstić information content (AvgIpc) is 2.85. The van der Waals surface area contributed by atoms with Gasteiger partial charge in [-0.1, -0.05) is 19.1 Å². The fourth-order valence-corrected chi connectivity index (χ4v) is 3.41. The minimum Gasteiger partial charge on any atom is -0.506 e. The van der Waals surface area contributed by atoms with Crippen LogP contribution in [0, 0.1) is 6.92 Å². The lowest BCUT2D eigenvalue weighted by molar-refractivity contribution is -0.141. The Kier molecular flexibility index (Phi) is 5.62. The molecule has 1 aromatic carbocycles. The van der Waals surface area contributed by atoms with Gasteiger partial charge >= 0.3 is 12.1 Å². The van der Waals surface area contributed by atoms with E-state index in [-0.39, 0.29) is 16.9 Å². The Hall–Kier alpha value is -2.22. The van der Waals surface area contributed by atoms with Gasteiger partial charge in [0.05, 0.1) is 18.2 Å². The highest BCUT2D eigenvalue weighted by Crippen LogP contribution is 2.46. The van der Waals surface area contributed by atoms with Crippen LogP contribution in [0.25, 0.3) is 11.1 Å². The van der Waals surface area contributed by atoms with Crippen molar-refractivity contribution in [1.82, 2.24) is 0 Å². The highest BCUT2D eigenvalue weighted by Gasteiger charge is 2.31. The van der Waals surface area contributed by atoms with Gasteiger partial charge in [0.1, 0.15) is 16.8 Å². The van der Waals surface area contributed by atoms with Crippen molar-refractivity contribution >= 4 is 22.3 Å². The van der Waals surface area contributed by atoms with Gasteiger partial charge in [-0.15, -0.1) is 11.3 Å². The molecule has 1 unspecified atom stereocenters. The Labute approximate surface area is 147 Å². The zero-order valence-corrected chi connectivity index (χ0v) is 14.7. The number of nitrogens with one attached hydrogen (secondary N) is 1. The number of thiophene rings is 1. The summed E-state index contributed by atoms with van der Waals surface area (Å²) >= 11 is 1.17. The average molecular weight is 373 g/mol. The maximum Gasteiger partial charge on any atom is 0.416 e. The Morgan fingerprint density at radius 1 is 1.40 bits per heavy atom. The lowest BCUT2D eigenvalue weighted by atomic mass is 10.0. The van der Waals surface area contributed by atoms with E-state index in [0.29, 0.717) is 16.3 Å². The first-order chi connectivity index (χ1) is 11.7. The van der Waals surface area contributed by atoms with Crippen molar-refractivity contribution in [2.45, 2.75) is 32.5 Å². The normalized spacial score (nSPS) is 12.7. The second-order valence-corrected chi connectivity index (χ2v) is 6.64. The molecule has 0 radical (unpaired) electrons. The summed E-state index contributed by atoms with van der Waals surface area (Å²) in [6, 6.07) is 4.06. The van der Waals surface area contributed by atoms with Crippen LogP contribution in [0.4, 0.5) is 18.2 Å². The Bertz CT molecular complexity index is 771. The standard InChI is InChI=1S/C17H18F3NO3S/c1-4-12(16(23)24-3)21-15-13(14(22)9(2)25-15)10-6-5-7-11(8-10)17(18,19)20/h5-8,12,21-22H,4H2,1-3H3. The van der Waals surface area contributed by atoms with E-state index in [4.69, 9.17) is 4.74 Å². The van der Waals surface area contributed by atoms with Crippen molar-refractivity contribution in [2.75, 3.05) is 12.4 Å². The number of anilines is 1. The zero-order chi connectivity index (χ0) is 18.8. The number of aryl methyl sites for hydroxylation is 1. The summed E-state index contributed by atoms with van der Waals surface area (Å²) in [5.41, 5.74) is -0.339.